The van der Waals surface area contributed by atoms with E-state index in [4.69, 9.17) is 18.9 Å². The van der Waals surface area contributed by atoms with Crippen LogP contribution in [0.5, 0.6) is 0 Å². The van der Waals surface area contributed by atoms with Crippen molar-refractivity contribution in [3.05, 3.63) is 0 Å². The number of hydrogen-bond donors (Lipinski definition) is 2. The van der Waals surface area contributed by atoms with E-state index in [1.54, 1.807) is 7.11 Å². The third-order valence-electron chi connectivity index (χ3n) is 10.7. The molecule has 0 aromatic carbocycles. The summed E-state index contributed by atoms with van der Waals surface area (Å²) in [4.78, 5) is 25.1. The molecule has 0 saturated carbocycles. The Morgan fingerprint density at radius 3 is 1.27 bits per heavy atom. The number of unbranched alkanes of at least 4 members (excludes halogenated alkanes) is 30. The minimum atomic E-state index is -0.480. The van der Waals surface area contributed by atoms with Crippen LogP contribution in [0.3, 0.4) is 0 Å². The van der Waals surface area contributed by atoms with Crippen molar-refractivity contribution in [2.75, 3.05) is 53.3 Å². The van der Waals surface area contributed by atoms with Crippen molar-refractivity contribution in [2.24, 2.45) is 0 Å². The lowest BCUT2D eigenvalue weighted by Crippen LogP contribution is -2.43. The predicted octanol–water partition coefficient (Wildman–Crippen LogP) is 13.2. The molecule has 0 aromatic heterocycles. The molecule has 0 aliphatic carbocycles. The van der Waals surface area contributed by atoms with Crippen LogP contribution < -0.4 is 10.6 Å². The molecule has 1 atom stereocenters. The van der Waals surface area contributed by atoms with Gasteiger partial charge in [0.1, 0.15) is 6.61 Å². The zero-order valence-electron chi connectivity index (χ0n) is 37.0. The summed E-state index contributed by atoms with van der Waals surface area (Å²) in [5, 5.41) is 5.85. The van der Waals surface area contributed by atoms with Crippen LogP contribution >= 0.6 is 0 Å². The molecule has 0 rings (SSSR count). The Kier molecular flexibility index (Phi) is 45.8. The number of carbonyl (C=O) groups is 2. The van der Waals surface area contributed by atoms with Crippen LogP contribution in [-0.2, 0) is 23.7 Å². The number of ether oxygens (including phenoxy) is 4. The molecule has 0 aromatic rings. The third kappa shape index (κ3) is 45.2. The van der Waals surface area contributed by atoms with E-state index in [9.17, 15) is 9.59 Å². The van der Waals surface area contributed by atoms with E-state index >= 15 is 0 Å². The molecule has 0 aliphatic rings. The summed E-state index contributed by atoms with van der Waals surface area (Å²) in [5.41, 5.74) is 0. The first kappa shape index (κ1) is 53.6. The third-order valence-corrected chi connectivity index (χ3v) is 10.7. The lowest BCUT2D eigenvalue weighted by atomic mass is 10.0. The molecular weight excluding hydrogens is 689 g/mol. The molecule has 2 amide bonds. The Balaban J connectivity index is 4.09. The largest absolute Gasteiger partial charge is 0.447 e. The van der Waals surface area contributed by atoms with Crippen LogP contribution in [0.2, 0.25) is 0 Å². The number of amides is 2. The molecule has 55 heavy (non-hydrogen) atoms. The molecular formula is C47H94N2O6. The van der Waals surface area contributed by atoms with Crippen molar-refractivity contribution >= 4 is 12.0 Å². The Labute approximate surface area is 341 Å². The highest BCUT2D eigenvalue weighted by molar-refractivity contribution is 5.76. The smallest absolute Gasteiger partial charge is 0.407 e. The highest BCUT2D eigenvalue weighted by Crippen LogP contribution is 2.15. The van der Waals surface area contributed by atoms with E-state index in [1.807, 2.05) is 0 Å². The van der Waals surface area contributed by atoms with Gasteiger partial charge in [-0.2, -0.15) is 0 Å². The molecule has 0 heterocycles. The summed E-state index contributed by atoms with van der Waals surface area (Å²) in [6.07, 6.45) is 43.2. The van der Waals surface area contributed by atoms with Gasteiger partial charge in [0, 0.05) is 33.3 Å². The van der Waals surface area contributed by atoms with Crippen LogP contribution in [-0.4, -0.2) is 71.3 Å². The second-order valence-corrected chi connectivity index (χ2v) is 16.2. The van der Waals surface area contributed by atoms with Gasteiger partial charge in [0.2, 0.25) is 5.91 Å². The van der Waals surface area contributed by atoms with E-state index in [0.29, 0.717) is 52.4 Å². The second-order valence-electron chi connectivity index (χ2n) is 16.2. The van der Waals surface area contributed by atoms with Crippen molar-refractivity contribution in [1.82, 2.24) is 10.6 Å². The summed E-state index contributed by atoms with van der Waals surface area (Å²) in [6.45, 7) is 7.80. The number of alkyl carbamates (subject to hydrolysis) is 1. The SMILES string of the molecule is CCCCCCCCCCCCCCCCCCOCC(COC(=O)NCCCOCCOC)NC(=O)CCCCCCCCCCCCCCCCCC. The summed E-state index contributed by atoms with van der Waals surface area (Å²) in [7, 11) is 1.64. The van der Waals surface area contributed by atoms with Gasteiger partial charge in [0.15, 0.2) is 0 Å². The summed E-state index contributed by atoms with van der Waals surface area (Å²) in [5.74, 6) is 0.0126. The minimum Gasteiger partial charge on any atom is -0.447 e. The van der Waals surface area contributed by atoms with Crippen LogP contribution in [0.25, 0.3) is 0 Å². The average molecular weight is 783 g/mol. The maximum atomic E-state index is 12.8. The molecule has 8 nitrogen and oxygen atoms in total. The lowest BCUT2D eigenvalue weighted by molar-refractivity contribution is -0.122. The van der Waals surface area contributed by atoms with Crippen molar-refractivity contribution < 1.29 is 28.5 Å². The van der Waals surface area contributed by atoms with E-state index in [-0.39, 0.29) is 18.6 Å². The average Bonchev–Trinajstić information content (AvgIpc) is 3.18. The fourth-order valence-corrected chi connectivity index (χ4v) is 7.08. The Hall–Kier alpha value is -1.38. The number of nitrogens with one attached hydrogen (secondary N) is 2. The molecule has 0 spiro atoms. The fraction of sp³-hybridized carbons (Fsp3) is 0.957. The molecule has 328 valence electrons. The lowest BCUT2D eigenvalue weighted by Gasteiger charge is -2.19. The molecule has 0 aliphatic heterocycles. The van der Waals surface area contributed by atoms with Crippen LogP contribution in [0.1, 0.15) is 232 Å². The normalized spacial score (nSPS) is 11.9. The number of methoxy groups -OCH3 is 1. The van der Waals surface area contributed by atoms with Crippen molar-refractivity contribution in [2.45, 2.75) is 238 Å². The Morgan fingerprint density at radius 1 is 0.436 bits per heavy atom. The molecule has 0 radical (unpaired) electrons. The van der Waals surface area contributed by atoms with Crippen molar-refractivity contribution in [3.63, 3.8) is 0 Å². The Morgan fingerprint density at radius 2 is 0.836 bits per heavy atom. The van der Waals surface area contributed by atoms with Gasteiger partial charge in [-0.15, -0.1) is 0 Å². The first-order chi connectivity index (χ1) is 27.1. The van der Waals surface area contributed by atoms with Gasteiger partial charge in [0.05, 0.1) is 25.9 Å². The van der Waals surface area contributed by atoms with E-state index in [0.717, 1.165) is 19.3 Å². The van der Waals surface area contributed by atoms with Gasteiger partial charge >= 0.3 is 6.09 Å². The highest BCUT2D eigenvalue weighted by atomic mass is 16.6. The number of rotatable bonds is 46. The molecule has 0 bridgehead atoms. The summed E-state index contributed by atoms with van der Waals surface area (Å²) >= 11 is 0. The maximum absolute atomic E-state index is 12.8. The highest BCUT2D eigenvalue weighted by Gasteiger charge is 2.15. The van der Waals surface area contributed by atoms with Gasteiger partial charge < -0.3 is 29.6 Å². The molecule has 0 saturated heterocycles. The zero-order valence-corrected chi connectivity index (χ0v) is 37.0. The monoisotopic (exact) mass is 783 g/mol. The molecule has 1 unspecified atom stereocenters. The standard InChI is InChI=1S/C47H94N2O6/c1-4-6-8-10-12-14-16-18-20-22-24-26-28-30-32-34-37-46(50)49-45(44-55-47(51)48-38-36-40-53-42-41-52-3)43-54-39-35-33-31-29-27-25-23-21-19-17-15-13-11-9-7-5-2/h45H,4-44H2,1-3H3,(H,48,51)(H,49,50). The first-order valence-electron chi connectivity index (χ1n) is 24.0. The molecule has 8 heteroatoms. The van der Waals surface area contributed by atoms with E-state index < -0.39 is 6.09 Å². The quantitative estimate of drug-likeness (QED) is 0.0597. The van der Waals surface area contributed by atoms with Crippen molar-refractivity contribution in [1.29, 1.82) is 0 Å². The second kappa shape index (κ2) is 47.0. The van der Waals surface area contributed by atoms with Gasteiger partial charge in [-0.1, -0.05) is 206 Å². The van der Waals surface area contributed by atoms with Gasteiger partial charge in [0.25, 0.3) is 0 Å². The molecule has 2 N–H and O–H groups in total. The zero-order chi connectivity index (χ0) is 40.0. The topological polar surface area (TPSA) is 95.1 Å². The fourth-order valence-electron chi connectivity index (χ4n) is 7.08. The van der Waals surface area contributed by atoms with Crippen LogP contribution in [0.15, 0.2) is 0 Å². The van der Waals surface area contributed by atoms with Gasteiger partial charge in [-0.25, -0.2) is 4.79 Å². The van der Waals surface area contributed by atoms with Crippen molar-refractivity contribution in [3.8, 4) is 0 Å². The van der Waals surface area contributed by atoms with Crippen LogP contribution in [0, 0.1) is 0 Å². The first-order valence-corrected chi connectivity index (χ1v) is 24.0. The molecule has 0 fully saturated rings. The van der Waals surface area contributed by atoms with E-state index in [2.05, 4.69) is 24.5 Å². The van der Waals surface area contributed by atoms with Crippen LogP contribution in [0.4, 0.5) is 4.79 Å². The predicted molar refractivity (Wildman–Crippen MR) is 233 cm³/mol. The summed E-state index contributed by atoms with van der Waals surface area (Å²) < 4.78 is 21.9. The van der Waals surface area contributed by atoms with Gasteiger partial charge in [-0.3, -0.25) is 4.79 Å². The van der Waals surface area contributed by atoms with Gasteiger partial charge in [-0.05, 0) is 19.3 Å². The Bertz CT molecular complexity index is 770. The van der Waals surface area contributed by atoms with E-state index in [1.165, 1.54) is 186 Å². The minimum absolute atomic E-state index is 0.0126. The summed E-state index contributed by atoms with van der Waals surface area (Å²) in [6, 6.07) is -0.349. The number of carbonyl (C=O) groups excluding carboxylic acids is 2. The number of hydrogen-bond acceptors (Lipinski definition) is 6. The maximum Gasteiger partial charge on any atom is 0.407 e.